The highest BCUT2D eigenvalue weighted by atomic mass is 79.9. The lowest BCUT2D eigenvalue weighted by molar-refractivity contribution is -0.121. The van der Waals surface area contributed by atoms with Gasteiger partial charge >= 0.3 is 0 Å². The minimum Gasteiger partial charge on any atom is -0.349 e. The third-order valence-corrected chi connectivity index (χ3v) is 4.70. The second-order valence-electron chi connectivity index (χ2n) is 4.22. The lowest BCUT2D eigenvalue weighted by atomic mass is 10.1. The van der Waals surface area contributed by atoms with Gasteiger partial charge in [-0.25, -0.2) is 13.6 Å². The standard InChI is InChI=1S/C12H17BrN2O3S/c1-3-11(13)12(16)15-8(2)9-4-6-10(7-5-9)19(14,17)18/h4-8,11H,3H2,1-2H3,(H,15,16)(H2,14,17,18). The van der Waals surface area contributed by atoms with Gasteiger partial charge in [0.25, 0.3) is 0 Å². The third-order valence-electron chi connectivity index (χ3n) is 2.71. The van der Waals surface area contributed by atoms with E-state index >= 15 is 0 Å². The summed E-state index contributed by atoms with van der Waals surface area (Å²) in [6.07, 6.45) is 0.697. The maximum Gasteiger partial charge on any atom is 0.238 e. The average molecular weight is 349 g/mol. The number of hydrogen-bond donors (Lipinski definition) is 2. The summed E-state index contributed by atoms with van der Waals surface area (Å²) in [5.41, 5.74) is 0.816. The molecule has 2 atom stereocenters. The first-order valence-corrected chi connectivity index (χ1v) is 8.29. The molecule has 0 saturated carbocycles. The molecule has 0 aliphatic rings. The van der Waals surface area contributed by atoms with Crippen molar-refractivity contribution in [2.45, 2.75) is 36.0 Å². The monoisotopic (exact) mass is 348 g/mol. The van der Waals surface area contributed by atoms with Gasteiger partial charge < -0.3 is 5.32 Å². The van der Waals surface area contributed by atoms with Gasteiger partial charge in [0.15, 0.2) is 0 Å². The van der Waals surface area contributed by atoms with Gasteiger partial charge in [0.1, 0.15) is 0 Å². The molecule has 1 amide bonds. The van der Waals surface area contributed by atoms with Crippen LogP contribution in [-0.4, -0.2) is 19.2 Å². The molecular weight excluding hydrogens is 332 g/mol. The van der Waals surface area contributed by atoms with Crippen LogP contribution < -0.4 is 10.5 Å². The summed E-state index contributed by atoms with van der Waals surface area (Å²) in [4.78, 5) is 11.5. The zero-order valence-corrected chi connectivity index (χ0v) is 13.2. The molecule has 7 heteroatoms. The van der Waals surface area contributed by atoms with E-state index in [2.05, 4.69) is 21.2 Å². The smallest absolute Gasteiger partial charge is 0.238 e. The van der Waals surface area contributed by atoms with Crippen molar-refractivity contribution in [3.8, 4) is 0 Å². The van der Waals surface area contributed by atoms with E-state index in [-0.39, 0.29) is 21.7 Å². The van der Waals surface area contributed by atoms with E-state index in [1.807, 2.05) is 13.8 Å². The summed E-state index contributed by atoms with van der Waals surface area (Å²) >= 11 is 3.27. The molecule has 0 aliphatic heterocycles. The van der Waals surface area contributed by atoms with Crippen molar-refractivity contribution < 1.29 is 13.2 Å². The van der Waals surface area contributed by atoms with E-state index in [1.165, 1.54) is 12.1 Å². The fourth-order valence-corrected chi connectivity index (χ4v) is 2.17. The summed E-state index contributed by atoms with van der Waals surface area (Å²) in [6.45, 7) is 3.74. The molecule has 0 aromatic heterocycles. The van der Waals surface area contributed by atoms with Crippen LogP contribution in [0.15, 0.2) is 29.2 Å². The number of nitrogens with one attached hydrogen (secondary N) is 1. The van der Waals surface area contributed by atoms with Gasteiger partial charge in [0.2, 0.25) is 15.9 Å². The molecule has 1 aromatic rings. The van der Waals surface area contributed by atoms with Crippen LogP contribution in [0.1, 0.15) is 31.9 Å². The quantitative estimate of drug-likeness (QED) is 0.793. The Morgan fingerprint density at radius 1 is 1.37 bits per heavy atom. The fraction of sp³-hybridized carbons (Fsp3) is 0.417. The Kier molecular flexibility index (Phi) is 5.51. The van der Waals surface area contributed by atoms with Crippen LogP contribution in [0.4, 0.5) is 0 Å². The number of amides is 1. The van der Waals surface area contributed by atoms with E-state index in [0.717, 1.165) is 5.56 Å². The number of nitrogens with two attached hydrogens (primary N) is 1. The molecule has 3 N–H and O–H groups in total. The fourth-order valence-electron chi connectivity index (χ4n) is 1.52. The summed E-state index contributed by atoms with van der Waals surface area (Å²) in [6, 6.07) is 5.94. The molecule has 0 spiro atoms. The van der Waals surface area contributed by atoms with Crippen molar-refractivity contribution in [1.82, 2.24) is 5.32 Å². The van der Waals surface area contributed by atoms with Gasteiger partial charge in [0, 0.05) is 0 Å². The second kappa shape index (κ2) is 6.49. The van der Waals surface area contributed by atoms with Crippen LogP contribution in [0.25, 0.3) is 0 Å². The molecule has 1 aromatic carbocycles. The van der Waals surface area contributed by atoms with Gasteiger partial charge in [0.05, 0.1) is 15.8 Å². The second-order valence-corrected chi connectivity index (χ2v) is 6.89. The van der Waals surface area contributed by atoms with Crippen LogP contribution in [0.2, 0.25) is 0 Å². The Morgan fingerprint density at radius 3 is 2.32 bits per heavy atom. The molecule has 1 rings (SSSR count). The number of hydrogen-bond acceptors (Lipinski definition) is 3. The minimum absolute atomic E-state index is 0.0571. The van der Waals surface area contributed by atoms with Crippen molar-refractivity contribution in [3.63, 3.8) is 0 Å². The molecule has 0 saturated heterocycles. The summed E-state index contributed by atoms with van der Waals surface area (Å²) < 4.78 is 22.2. The number of benzene rings is 1. The molecule has 5 nitrogen and oxygen atoms in total. The Bertz CT molecular complexity index is 543. The Hall–Kier alpha value is -0.920. The molecular formula is C12H17BrN2O3S. The topological polar surface area (TPSA) is 89.3 Å². The number of carbonyl (C=O) groups excluding carboxylic acids is 1. The Balaban J connectivity index is 2.79. The predicted octanol–water partition coefficient (Wildman–Crippen LogP) is 1.68. The van der Waals surface area contributed by atoms with E-state index in [4.69, 9.17) is 5.14 Å². The molecule has 0 fully saturated rings. The SMILES string of the molecule is CCC(Br)C(=O)NC(C)c1ccc(S(N)(=O)=O)cc1. The highest BCUT2D eigenvalue weighted by molar-refractivity contribution is 9.10. The summed E-state index contributed by atoms with van der Waals surface area (Å²) in [7, 11) is -3.68. The van der Waals surface area contributed by atoms with E-state index in [9.17, 15) is 13.2 Å². The van der Waals surface area contributed by atoms with Gasteiger partial charge in [-0.3, -0.25) is 4.79 Å². The highest BCUT2D eigenvalue weighted by Crippen LogP contribution is 2.16. The van der Waals surface area contributed by atoms with Crippen molar-refractivity contribution in [2.75, 3.05) is 0 Å². The maximum absolute atomic E-state index is 11.7. The van der Waals surface area contributed by atoms with Crippen molar-refractivity contribution in [1.29, 1.82) is 0 Å². The van der Waals surface area contributed by atoms with E-state index < -0.39 is 10.0 Å². The van der Waals surface area contributed by atoms with Gasteiger partial charge in [-0.05, 0) is 31.0 Å². The van der Waals surface area contributed by atoms with Crippen LogP contribution in [0.3, 0.4) is 0 Å². The summed E-state index contributed by atoms with van der Waals surface area (Å²) in [5, 5.41) is 7.86. The van der Waals surface area contributed by atoms with Crippen LogP contribution in [0.5, 0.6) is 0 Å². The minimum atomic E-state index is -3.68. The van der Waals surface area contributed by atoms with Gasteiger partial charge in [-0.15, -0.1) is 0 Å². The van der Waals surface area contributed by atoms with Crippen LogP contribution in [-0.2, 0) is 14.8 Å². The van der Waals surface area contributed by atoms with Crippen LogP contribution >= 0.6 is 15.9 Å². The Morgan fingerprint density at radius 2 is 1.89 bits per heavy atom. The highest BCUT2D eigenvalue weighted by Gasteiger charge is 2.16. The zero-order valence-electron chi connectivity index (χ0n) is 10.8. The molecule has 0 aliphatic carbocycles. The normalized spacial score (nSPS) is 14.7. The zero-order chi connectivity index (χ0) is 14.6. The summed E-state index contributed by atoms with van der Waals surface area (Å²) in [5.74, 6) is -0.0921. The number of halogens is 1. The third kappa shape index (κ3) is 4.59. The van der Waals surface area contributed by atoms with Crippen molar-refractivity contribution >= 4 is 31.9 Å². The average Bonchev–Trinajstić information content (AvgIpc) is 2.36. The number of carbonyl (C=O) groups is 1. The van der Waals surface area contributed by atoms with Crippen molar-refractivity contribution in [2.24, 2.45) is 5.14 Å². The first-order chi connectivity index (χ1) is 8.75. The van der Waals surface area contributed by atoms with E-state index in [0.29, 0.717) is 6.42 Å². The Labute approximate surface area is 121 Å². The lowest BCUT2D eigenvalue weighted by Gasteiger charge is -2.16. The molecule has 2 unspecified atom stereocenters. The van der Waals surface area contributed by atoms with Gasteiger partial charge in [-0.1, -0.05) is 35.0 Å². The lowest BCUT2D eigenvalue weighted by Crippen LogP contribution is -2.32. The number of primary sulfonamides is 1. The van der Waals surface area contributed by atoms with Gasteiger partial charge in [-0.2, -0.15) is 0 Å². The molecule has 0 heterocycles. The number of rotatable bonds is 5. The largest absolute Gasteiger partial charge is 0.349 e. The molecule has 0 radical (unpaired) electrons. The number of sulfonamides is 1. The molecule has 106 valence electrons. The first kappa shape index (κ1) is 16.1. The predicted molar refractivity (Wildman–Crippen MR) is 77.4 cm³/mol. The van der Waals surface area contributed by atoms with Crippen molar-refractivity contribution in [3.05, 3.63) is 29.8 Å². The first-order valence-electron chi connectivity index (χ1n) is 5.83. The van der Waals surface area contributed by atoms with Crippen LogP contribution in [0, 0.1) is 0 Å². The molecule has 0 bridgehead atoms. The molecule has 19 heavy (non-hydrogen) atoms. The van der Waals surface area contributed by atoms with E-state index in [1.54, 1.807) is 12.1 Å². The number of alkyl halides is 1. The maximum atomic E-state index is 11.7.